The Morgan fingerprint density at radius 1 is 1.35 bits per heavy atom. The molecule has 1 amide bonds. The molecule has 0 aliphatic carbocycles. The Bertz CT molecular complexity index is 532. The first-order valence-electron chi connectivity index (χ1n) is 8.17. The first-order chi connectivity index (χ1) is 11.1. The molecule has 5 heteroatoms. The summed E-state index contributed by atoms with van der Waals surface area (Å²) in [6.45, 7) is 1.84. The zero-order valence-electron chi connectivity index (χ0n) is 13.8. The van der Waals surface area contributed by atoms with E-state index in [1.165, 1.54) is 12.7 Å². The van der Waals surface area contributed by atoms with E-state index in [1.807, 2.05) is 23.1 Å². The van der Waals surface area contributed by atoms with Crippen molar-refractivity contribution in [3.8, 4) is 0 Å². The highest BCUT2D eigenvalue weighted by molar-refractivity contribution is 5.78. The van der Waals surface area contributed by atoms with Crippen LogP contribution >= 0.6 is 0 Å². The molecule has 0 radical (unpaired) electrons. The standard InChI is InChI=1S/C18H26N2O3/c1-23-17(22)8-5-10-20-11-9-18(14-19,13-16(20)21)12-15-6-3-2-4-7-15/h2-4,6-7H,5,8-14,19H2,1H3/t18-/m1/s1. The average Bonchev–Trinajstić information content (AvgIpc) is 2.57. The number of ether oxygens (including phenoxy) is 1. The minimum absolute atomic E-state index is 0.141. The van der Waals surface area contributed by atoms with Gasteiger partial charge in [-0.3, -0.25) is 9.59 Å². The van der Waals surface area contributed by atoms with Gasteiger partial charge in [0, 0.05) is 25.9 Å². The van der Waals surface area contributed by atoms with Crippen LogP contribution in [0, 0.1) is 5.41 Å². The lowest BCUT2D eigenvalue weighted by molar-refractivity contribution is -0.142. The molecule has 5 nitrogen and oxygen atoms in total. The summed E-state index contributed by atoms with van der Waals surface area (Å²) in [6, 6.07) is 10.2. The molecule has 1 aliphatic rings. The van der Waals surface area contributed by atoms with Crippen LogP contribution in [0.15, 0.2) is 30.3 Å². The summed E-state index contributed by atoms with van der Waals surface area (Å²) in [4.78, 5) is 25.5. The Balaban J connectivity index is 1.90. The van der Waals surface area contributed by atoms with Crippen LogP contribution in [0.25, 0.3) is 0 Å². The third-order valence-electron chi connectivity index (χ3n) is 4.68. The van der Waals surface area contributed by atoms with E-state index < -0.39 is 0 Å². The van der Waals surface area contributed by atoms with E-state index in [1.54, 1.807) is 0 Å². The molecule has 1 atom stereocenters. The zero-order valence-corrected chi connectivity index (χ0v) is 13.8. The molecule has 0 saturated carbocycles. The molecule has 1 aliphatic heterocycles. The Hall–Kier alpha value is -1.88. The molecule has 0 aromatic heterocycles. The second kappa shape index (κ2) is 8.11. The Labute approximate surface area is 137 Å². The fourth-order valence-corrected chi connectivity index (χ4v) is 3.20. The van der Waals surface area contributed by atoms with Gasteiger partial charge in [0.15, 0.2) is 0 Å². The zero-order chi connectivity index (χ0) is 16.7. The van der Waals surface area contributed by atoms with Crippen LogP contribution in [0.2, 0.25) is 0 Å². The van der Waals surface area contributed by atoms with Gasteiger partial charge in [-0.05, 0) is 36.8 Å². The molecule has 1 fully saturated rings. The van der Waals surface area contributed by atoms with E-state index in [2.05, 4.69) is 16.9 Å². The van der Waals surface area contributed by atoms with E-state index in [9.17, 15) is 9.59 Å². The van der Waals surface area contributed by atoms with Crippen molar-refractivity contribution in [2.75, 3.05) is 26.7 Å². The highest BCUT2D eigenvalue weighted by Crippen LogP contribution is 2.34. The summed E-state index contributed by atoms with van der Waals surface area (Å²) in [7, 11) is 1.38. The number of hydrogen-bond donors (Lipinski definition) is 1. The Kier molecular flexibility index (Phi) is 6.16. The van der Waals surface area contributed by atoms with E-state index in [0.717, 1.165) is 12.8 Å². The molecule has 0 unspecified atom stereocenters. The number of carbonyl (C=O) groups excluding carboxylic acids is 2. The second-order valence-corrected chi connectivity index (χ2v) is 6.35. The van der Waals surface area contributed by atoms with Gasteiger partial charge in [0.2, 0.25) is 5.91 Å². The summed E-state index contributed by atoms with van der Waals surface area (Å²) in [5, 5.41) is 0. The minimum Gasteiger partial charge on any atom is -0.469 e. The lowest BCUT2D eigenvalue weighted by atomic mass is 9.73. The number of piperidine rings is 1. The summed E-state index contributed by atoms with van der Waals surface area (Å²) < 4.78 is 4.62. The number of rotatable bonds is 7. The van der Waals surface area contributed by atoms with E-state index >= 15 is 0 Å². The van der Waals surface area contributed by atoms with E-state index in [4.69, 9.17) is 5.73 Å². The maximum Gasteiger partial charge on any atom is 0.305 e. The molecule has 0 spiro atoms. The number of nitrogens with zero attached hydrogens (tertiary/aromatic N) is 1. The smallest absolute Gasteiger partial charge is 0.305 e. The summed E-state index contributed by atoms with van der Waals surface area (Å²) in [5.74, 6) is -0.0858. The lowest BCUT2D eigenvalue weighted by Crippen LogP contribution is -2.48. The maximum absolute atomic E-state index is 12.5. The van der Waals surface area contributed by atoms with Crippen LogP contribution in [0.4, 0.5) is 0 Å². The van der Waals surface area contributed by atoms with Crippen molar-refractivity contribution in [3.63, 3.8) is 0 Å². The van der Waals surface area contributed by atoms with E-state index in [0.29, 0.717) is 38.9 Å². The van der Waals surface area contributed by atoms with Crippen LogP contribution in [-0.2, 0) is 20.7 Å². The van der Waals surface area contributed by atoms with Gasteiger partial charge in [-0.2, -0.15) is 0 Å². The number of amides is 1. The van der Waals surface area contributed by atoms with Gasteiger partial charge in [-0.15, -0.1) is 0 Å². The van der Waals surface area contributed by atoms with Crippen LogP contribution in [0.5, 0.6) is 0 Å². The summed E-state index contributed by atoms with van der Waals surface area (Å²) in [6.07, 6.45) is 3.23. The Morgan fingerprint density at radius 3 is 2.70 bits per heavy atom. The number of esters is 1. The first-order valence-corrected chi connectivity index (χ1v) is 8.17. The van der Waals surface area contributed by atoms with Crippen LogP contribution in [-0.4, -0.2) is 43.5 Å². The minimum atomic E-state index is -0.227. The third-order valence-corrected chi connectivity index (χ3v) is 4.68. The summed E-state index contributed by atoms with van der Waals surface area (Å²) in [5.41, 5.74) is 7.10. The van der Waals surface area contributed by atoms with Crippen molar-refractivity contribution < 1.29 is 14.3 Å². The number of carbonyl (C=O) groups is 2. The Morgan fingerprint density at radius 2 is 2.09 bits per heavy atom. The van der Waals surface area contributed by atoms with Gasteiger partial charge in [-0.1, -0.05) is 30.3 Å². The van der Waals surface area contributed by atoms with Crippen molar-refractivity contribution in [3.05, 3.63) is 35.9 Å². The van der Waals surface area contributed by atoms with Gasteiger partial charge in [-0.25, -0.2) is 0 Å². The molecule has 23 heavy (non-hydrogen) atoms. The fraction of sp³-hybridized carbons (Fsp3) is 0.556. The number of methoxy groups -OCH3 is 1. The molecule has 1 aromatic carbocycles. The van der Waals surface area contributed by atoms with Gasteiger partial charge < -0.3 is 15.4 Å². The third kappa shape index (κ3) is 4.79. The van der Waals surface area contributed by atoms with Gasteiger partial charge in [0.25, 0.3) is 0 Å². The van der Waals surface area contributed by atoms with Crippen LogP contribution in [0.1, 0.15) is 31.2 Å². The van der Waals surface area contributed by atoms with Crippen molar-refractivity contribution in [1.82, 2.24) is 4.90 Å². The van der Waals surface area contributed by atoms with Crippen molar-refractivity contribution in [2.45, 2.75) is 32.1 Å². The van der Waals surface area contributed by atoms with Crippen LogP contribution in [0.3, 0.4) is 0 Å². The highest BCUT2D eigenvalue weighted by Gasteiger charge is 2.37. The fourth-order valence-electron chi connectivity index (χ4n) is 3.20. The van der Waals surface area contributed by atoms with Crippen molar-refractivity contribution in [2.24, 2.45) is 11.1 Å². The predicted molar refractivity (Wildman–Crippen MR) is 88.7 cm³/mol. The topological polar surface area (TPSA) is 72.6 Å². The molecule has 1 saturated heterocycles. The maximum atomic E-state index is 12.5. The van der Waals surface area contributed by atoms with Gasteiger partial charge in [0.1, 0.15) is 0 Å². The van der Waals surface area contributed by atoms with E-state index in [-0.39, 0.29) is 17.3 Å². The van der Waals surface area contributed by atoms with Crippen LogP contribution < -0.4 is 5.73 Å². The first kappa shape index (κ1) is 17.5. The van der Waals surface area contributed by atoms with Crippen molar-refractivity contribution >= 4 is 11.9 Å². The number of benzene rings is 1. The molecule has 0 bridgehead atoms. The van der Waals surface area contributed by atoms with Gasteiger partial charge in [0.05, 0.1) is 7.11 Å². The number of likely N-dealkylation sites (tertiary alicyclic amines) is 1. The molecule has 2 rings (SSSR count). The quantitative estimate of drug-likeness (QED) is 0.777. The molecule has 126 valence electrons. The molecule has 1 heterocycles. The normalized spacial score (nSPS) is 21.3. The number of nitrogens with two attached hydrogens (primary N) is 1. The van der Waals surface area contributed by atoms with Gasteiger partial charge >= 0.3 is 5.97 Å². The lowest BCUT2D eigenvalue weighted by Gasteiger charge is -2.41. The molecular weight excluding hydrogens is 292 g/mol. The monoisotopic (exact) mass is 318 g/mol. The summed E-state index contributed by atoms with van der Waals surface area (Å²) >= 11 is 0. The molecule has 1 aromatic rings. The highest BCUT2D eigenvalue weighted by atomic mass is 16.5. The molecular formula is C18H26N2O3. The largest absolute Gasteiger partial charge is 0.469 e. The number of hydrogen-bond acceptors (Lipinski definition) is 4. The second-order valence-electron chi connectivity index (χ2n) is 6.35. The average molecular weight is 318 g/mol. The SMILES string of the molecule is COC(=O)CCCN1CC[C@@](CN)(Cc2ccccc2)CC1=O. The van der Waals surface area contributed by atoms with Crippen molar-refractivity contribution in [1.29, 1.82) is 0 Å². The predicted octanol–water partition coefficient (Wildman–Crippen LogP) is 1.75. The molecule has 2 N–H and O–H groups in total.